The predicted molar refractivity (Wildman–Crippen MR) is 69.0 cm³/mol. The number of hydrogen-bond donors (Lipinski definition) is 1. The highest BCUT2D eigenvalue weighted by atomic mass is 16.6. The summed E-state index contributed by atoms with van der Waals surface area (Å²) in [6.07, 6.45) is 3.54. The lowest BCUT2D eigenvalue weighted by Gasteiger charge is -2.04. The van der Waals surface area contributed by atoms with Crippen LogP contribution in [0.3, 0.4) is 0 Å². The molecule has 6 nitrogen and oxygen atoms in total. The molecule has 0 saturated heterocycles. The Bertz CT molecular complexity index is 577. The maximum absolute atomic E-state index is 10.8. The van der Waals surface area contributed by atoms with E-state index in [2.05, 4.69) is 10.4 Å². The SMILES string of the molecule is CCn1cc(Nc2ccc(C)c([N+](=O)[O-])c2)cn1. The maximum atomic E-state index is 10.8. The molecule has 0 fully saturated rings. The average molecular weight is 246 g/mol. The van der Waals surface area contributed by atoms with Crippen LogP contribution in [0, 0.1) is 17.0 Å². The first-order valence-corrected chi connectivity index (χ1v) is 5.64. The fraction of sp³-hybridized carbons (Fsp3) is 0.250. The molecule has 1 aromatic carbocycles. The van der Waals surface area contributed by atoms with E-state index in [0.29, 0.717) is 11.3 Å². The van der Waals surface area contributed by atoms with Crippen molar-refractivity contribution in [1.29, 1.82) is 0 Å². The minimum absolute atomic E-state index is 0.114. The Kier molecular flexibility index (Phi) is 3.27. The van der Waals surface area contributed by atoms with Gasteiger partial charge in [0.25, 0.3) is 5.69 Å². The third kappa shape index (κ3) is 2.48. The lowest BCUT2D eigenvalue weighted by atomic mass is 10.2. The molecule has 0 bridgehead atoms. The van der Waals surface area contributed by atoms with Crippen LogP contribution < -0.4 is 5.32 Å². The smallest absolute Gasteiger partial charge is 0.274 e. The zero-order valence-corrected chi connectivity index (χ0v) is 10.3. The van der Waals surface area contributed by atoms with Crippen molar-refractivity contribution in [3.05, 3.63) is 46.3 Å². The normalized spacial score (nSPS) is 10.3. The Morgan fingerprint density at radius 3 is 2.83 bits per heavy atom. The van der Waals surface area contributed by atoms with E-state index in [0.717, 1.165) is 12.2 Å². The van der Waals surface area contributed by atoms with Crippen LogP contribution in [-0.2, 0) is 6.54 Å². The number of nitro groups is 1. The van der Waals surface area contributed by atoms with Gasteiger partial charge in [0.05, 0.1) is 16.8 Å². The van der Waals surface area contributed by atoms with Crippen molar-refractivity contribution in [1.82, 2.24) is 9.78 Å². The van der Waals surface area contributed by atoms with E-state index >= 15 is 0 Å². The van der Waals surface area contributed by atoms with E-state index in [1.165, 1.54) is 6.07 Å². The van der Waals surface area contributed by atoms with Gasteiger partial charge in [-0.3, -0.25) is 14.8 Å². The van der Waals surface area contributed by atoms with Crippen LogP contribution >= 0.6 is 0 Å². The number of hydrogen-bond acceptors (Lipinski definition) is 4. The highest BCUT2D eigenvalue weighted by Crippen LogP contribution is 2.24. The lowest BCUT2D eigenvalue weighted by molar-refractivity contribution is -0.385. The molecule has 0 atom stereocenters. The van der Waals surface area contributed by atoms with Gasteiger partial charge in [-0.25, -0.2) is 0 Å². The Hall–Kier alpha value is -2.37. The molecule has 0 spiro atoms. The van der Waals surface area contributed by atoms with Crippen molar-refractivity contribution >= 4 is 17.1 Å². The first-order chi connectivity index (χ1) is 8.60. The van der Waals surface area contributed by atoms with Gasteiger partial charge >= 0.3 is 0 Å². The number of nitrogens with one attached hydrogen (secondary N) is 1. The van der Waals surface area contributed by atoms with Gasteiger partial charge in [0.15, 0.2) is 0 Å². The quantitative estimate of drug-likeness (QED) is 0.665. The predicted octanol–water partition coefficient (Wildman–Crippen LogP) is 2.86. The molecule has 0 aliphatic rings. The van der Waals surface area contributed by atoms with Gasteiger partial charge < -0.3 is 5.32 Å². The molecule has 1 heterocycles. The summed E-state index contributed by atoms with van der Waals surface area (Å²) in [6.45, 7) is 4.50. The molecule has 1 N–H and O–H groups in total. The third-order valence-electron chi connectivity index (χ3n) is 2.65. The number of aryl methyl sites for hydroxylation is 2. The fourth-order valence-corrected chi connectivity index (χ4v) is 1.65. The van der Waals surface area contributed by atoms with Crippen LogP contribution in [0.4, 0.5) is 17.1 Å². The van der Waals surface area contributed by atoms with Gasteiger partial charge in [0.1, 0.15) is 0 Å². The Labute approximate surface area is 104 Å². The highest BCUT2D eigenvalue weighted by molar-refractivity contribution is 5.62. The summed E-state index contributed by atoms with van der Waals surface area (Å²) in [6, 6.07) is 5.06. The number of rotatable bonds is 4. The number of aromatic nitrogens is 2. The van der Waals surface area contributed by atoms with Crippen LogP contribution in [0.5, 0.6) is 0 Å². The van der Waals surface area contributed by atoms with Crippen molar-refractivity contribution in [2.45, 2.75) is 20.4 Å². The molecule has 2 aromatic rings. The van der Waals surface area contributed by atoms with Gasteiger partial charge in [-0.15, -0.1) is 0 Å². The minimum atomic E-state index is -0.379. The number of nitro benzene ring substituents is 1. The third-order valence-corrected chi connectivity index (χ3v) is 2.65. The summed E-state index contributed by atoms with van der Waals surface area (Å²) in [5.74, 6) is 0. The van der Waals surface area contributed by atoms with Crippen LogP contribution in [0.25, 0.3) is 0 Å². The van der Waals surface area contributed by atoms with E-state index in [9.17, 15) is 10.1 Å². The van der Waals surface area contributed by atoms with Crippen LogP contribution in [0.1, 0.15) is 12.5 Å². The van der Waals surface area contributed by atoms with Crippen molar-refractivity contribution in [3.8, 4) is 0 Å². The summed E-state index contributed by atoms with van der Waals surface area (Å²) in [5.41, 5.74) is 2.26. The second kappa shape index (κ2) is 4.87. The number of anilines is 2. The fourth-order valence-electron chi connectivity index (χ4n) is 1.65. The first kappa shape index (κ1) is 12.1. The molecule has 0 amide bonds. The monoisotopic (exact) mass is 246 g/mol. The second-order valence-corrected chi connectivity index (χ2v) is 3.97. The Morgan fingerprint density at radius 2 is 2.22 bits per heavy atom. The standard InChI is InChI=1S/C12H14N4O2/c1-3-15-8-11(7-13-15)14-10-5-4-9(2)12(6-10)16(17)18/h4-8,14H,3H2,1-2H3. The van der Waals surface area contributed by atoms with Gasteiger partial charge in [-0.05, 0) is 19.9 Å². The minimum Gasteiger partial charge on any atom is -0.353 e. The summed E-state index contributed by atoms with van der Waals surface area (Å²) in [7, 11) is 0. The van der Waals surface area contributed by atoms with E-state index in [4.69, 9.17) is 0 Å². The lowest BCUT2D eigenvalue weighted by Crippen LogP contribution is -1.95. The van der Waals surface area contributed by atoms with Gasteiger partial charge in [-0.1, -0.05) is 6.07 Å². The molecule has 18 heavy (non-hydrogen) atoms. The number of benzene rings is 1. The molecule has 94 valence electrons. The number of nitrogens with zero attached hydrogens (tertiary/aromatic N) is 3. The molecule has 6 heteroatoms. The first-order valence-electron chi connectivity index (χ1n) is 5.64. The topological polar surface area (TPSA) is 73.0 Å². The van der Waals surface area contributed by atoms with E-state index < -0.39 is 0 Å². The summed E-state index contributed by atoms with van der Waals surface area (Å²) < 4.78 is 1.78. The van der Waals surface area contributed by atoms with Gasteiger partial charge in [0, 0.05) is 30.1 Å². The van der Waals surface area contributed by atoms with Crippen molar-refractivity contribution in [3.63, 3.8) is 0 Å². The van der Waals surface area contributed by atoms with Gasteiger partial charge in [-0.2, -0.15) is 5.10 Å². The Balaban J connectivity index is 2.24. The molecule has 1 aromatic heterocycles. The van der Waals surface area contributed by atoms with Crippen LogP contribution in [0.15, 0.2) is 30.6 Å². The van der Waals surface area contributed by atoms with E-state index in [1.54, 1.807) is 23.9 Å². The summed E-state index contributed by atoms with van der Waals surface area (Å²) >= 11 is 0. The molecular weight excluding hydrogens is 232 g/mol. The van der Waals surface area contributed by atoms with Crippen molar-refractivity contribution in [2.24, 2.45) is 0 Å². The molecule has 0 aliphatic heterocycles. The summed E-state index contributed by atoms with van der Waals surface area (Å²) in [4.78, 5) is 10.5. The van der Waals surface area contributed by atoms with Crippen molar-refractivity contribution in [2.75, 3.05) is 5.32 Å². The average Bonchev–Trinajstić information content (AvgIpc) is 2.79. The zero-order chi connectivity index (χ0) is 13.1. The molecule has 0 saturated carbocycles. The maximum Gasteiger partial charge on any atom is 0.274 e. The van der Waals surface area contributed by atoms with Crippen LogP contribution in [-0.4, -0.2) is 14.7 Å². The Morgan fingerprint density at radius 1 is 1.44 bits per heavy atom. The summed E-state index contributed by atoms with van der Waals surface area (Å²) in [5, 5.41) is 18.1. The molecule has 2 rings (SSSR count). The van der Waals surface area contributed by atoms with Crippen molar-refractivity contribution < 1.29 is 4.92 Å². The molecule has 0 aliphatic carbocycles. The largest absolute Gasteiger partial charge is 0.353 e. The highest BCUT2D eigenvalue weighted by Gasteiger charge is 2.11. The van der Waals surface area contributed by atoms with Crippen LogP contribution in [0.2, 0.25) is 0 Å². The van der Waals surface area contributed by atoms with E-state index in [-0.39, 0.29) is 10.6 Å². The zero-order valence-electron chi connectivity index (χ0n) is 10.3. The molecular formula is C12H14N4O2. The molecule has 0 radical (unpaired) electrons. The molecule has 0 unspecified atom stereocenters. The second-order valence-electron chi connectivity index (χ2n) is 3.97. The van der Waals surface area contributed by atoms with E-state index in [1.807, 2.05) is 19.2 Å². The van der Waals surface area contributed by atoms with Gasteiger partial charge in [0.2, 0.25) is 0 Å².